The fraction of sp³-hybridized carbons (Fsp3) is 0.462. The Morgan fingerprint density at radius 2 is 2.11 bits per heavy atom. The van der Waals surface area contributed by atoms with Crippen LogP contribution >= 0.6 is 0 Å². The zero-order valence-corrected chi connectivity index (χ0v) is 10.5. The van der Waals surface area contributed by atoms with Crippen LogP contribution in [-0.2, 0) is 4.74 Å². The first-order chi connectivity index (χ1) is 8.60. The molecular formula is C13H16F2N2O. The molecule has 3 nitrogen and oxygen atoms in total. The van der Waals surface area contributed by atoms with Gasteiger partial charge in [0.05, 0.1) is 18.8 Å². The van der Waals surface area contributed by atoms with Crippen molar-refractivity contribution in [3.63, 3.8) is 0 Å². The van der Waals surface area contributed by atoms with Crippen LogP contribution in [0.2, 0.25) is 0 Å². The Balaban J connectivity index is 2.71. The highest BCUT2D eigenvalue weighted by Gasteiger charge is 2.10. The van der Waals surface area contributed by atoms with Gasteiger partial charge >= 0.3 is 0 Å². The first kappa shape index (κ1) is 14.4. The SMILES string of the molecule is Cc1cc(C#N)c(F)cc1N(C)CCOCCF. The predicted octanol–water partition coefficient (Wildman–Crippen LogP) is 2.43. The zero-order valence-electron chi connectivity index (χ0n) is 10.5. The second-order valence-electron chi connectivity index (χ2n) is 3.95. The number of ether oxygens (including phenoxy) is 1. The largest absolute Gasteiger partial charge is 0.377 e. The maximum Gasteiger partial charge on any atom is 0.143 e. The van der Waals surface area contributed by atoms with Crippen LogP contribution in [0.25, 0.3) is 0 Å². The van der Waals surface area contributed by atoms with Crippen molar-refractivity contribution in [3.8, 4) is 6.07 Å². The van der Waals surface area contributed by atoms with Crippen molar-refractivity contribution in [3.05, 3.63) is 29.1 Å². The average Bonchev–Trinajstić information content (AvgIpc) is 2.36. The van der Waals surface area contributed by atoms with Gasteiger partial charge in [-0.05, 0) is 24.6 Å². The third kappa shape index (κ3) is 3.67. The number of anilines is 1. The van der Waals surface area contributed by atoms with E-state index in [0.29, 0.717) is 18.8 Å². The van der Waals surface area contributed by atoms with E-state index >= 15 is 0 Å². The van der Waals surface area contributed by atoms with E-state index < -0.39 is 12.5 Å². The molecule has 0 spiro atoms. The predicted molar refractivity (Wildman–Crippen MR) is 65.9 cm³/mol. The lowest BCUT2D eigenvalue weighted by Gasteiger charge is -2.21. The second-order valence-corrected chi connectivity index (χ2v) is 3.95. The van der Waals surface area contributed by atoms with Gasteiger partial charge in [0.2, 0.25) is 0 Å². The standard InChI is InChI=1S/C13H16F2N2O/c1-10-7-11(9-16)12(15)8-13(10)17(2)4-6-18-5-3-14/h7-8H,3-6H2,1-2H3. The van der Waals surface area contributed by atoms with Crippen LogP contribution in [0.1, 0.15) is 11.1 Å². The number of halogens is 2. The Kier molecular flexibility index (Phi) is 5.53. The molecule has 0 saturated heterocycles. The molecule has 1 rings (SSSR count). The first-order valence-electron chi connectivity index (χ1n) is 5.65. The van der Waals surface area contributed by atoms with Crippen LogP contribution in [0, 0.1) is 24.1 Å². The molecule has 98 valence electrons. The molecule has 0 aliphatic heterocycles. The van der Waals surface area contributed by atoms with Crippen molar-refractivity contribution in [1.82, 2.24) is 0 Å². The monoisotopic (exact) mass is 254 g/mol. The van der Waals surface area contributed by atoms with Crippen molar-refractivity contribution in [1.29, 1.82) is 5.26 Å². The minimum atomic E-state index is -0.533. The molecule has 0 fully saturated rings. The maximum absolute atomic E-state index is 13.5. The lowest BCUT2D eigenvalue weighted by atomic mass is 10.1. The fourth-order valence-electron chi connectivity index (χ4n) is 1.65. The van der Waals surface area contributed by atoms with E-state index in [4.69, 9.17) is 10.00 Å². The molecule has 0 N–H and O–H groups in total. The molecule has 0 aliphatic rings. The van der Waals surface area contributed by atoms with Crippen LogP contribution in [0.4, 0.5) is 14.5 Å². The van der Waals surface area contributed by atoms with Crippen LogP contribution < -0.4 is 4.90 Å². The van der Waals surface area contributed by atoms with E-state index in [9.17, 15) is 8.78 Å². The van der Waals surface area contributed by atoms with Gasteiger partial charge in [0.15, 0.2) is 0 Å². The molecule has 0 aromatic heterocycles. The first-order valence-corrected chi connectivity index (χ1v) is 5.65. The second kappa shape index (κ2) is 6.92. The van der Waals surface area contributed by atoms with Gasteiger partial charge in [0, 0.05) is 19.3 Å². The molecule has 0 aliphatic carbocycles. The molecule has 0 atom stereocenters. The smallest absolute Gasteiger partial charge is 0.143 e. The van der Waals surface area contributed by atoms with E-state index in [0.717, 1.165) is 5.56 Å². The van der Waals surface area contributed by atoms with E-state index in [1.165, 1.54) is 12.1 Å². The summed E-state index contributed by atoms with van der Waals surface area (Å²) < 4.78 is 30.4. The van der Waals surface area contributed by atoms with Gasteiger partial charge in [0.25, 0.3) is 0 Å². The van der Waals surface area contributed by atoms with Gasteiger partial charge in [-0.3, -0.25) is 0 Å². The number of nitriles is 1. The van der Waals surface area contributed by atoms with Gasteiger partial charge < -0.3 is 9.64 Å². The summed E-state index contributed by atoms with van der Waals surface area (Å²) in [6.45, 7) is 2.30. The molecule has 0 saturated carbocycles. The molecule has 0 bridgehead atoms. The van der Waals surface area contributed by atoms with Gasteiger partial charge in [-0.25, -0.2) is 8.78 Å². The molecule has 0 amide bonds. The van der Waals surface area contributed by atoms with E-state index in [-0.39, 0.29) is 12.2 Å². The summed E-state index contributed by atoms with van der Waals surface area (Å²) in [5.74, 6) is -0.533. The summed E-state index contributed by atoms with van der Waals surface area (Å²) in [5.41, 5.74) is 1.56. The Morgan fingerprint density at radius 3 is 2.72 bits per heavy atom. The molecule has 0 heterocycles. The maximum atomic E-state index is 13.5. The minimum absolute atomic E-state index is 0.0401. The molecule has 0 radical (unpaired) electrons. The molecule has 1 aromatic rings. The summed E-state index contributed by atoms with van der Waals surface area (Å²) in [4.78, 5) is 1.82. The number of hydrogen-bond donors (Lipinski definition) is 0. The van der Waals surface area contributed by atoms with Crippen molar-refractivity contribution in [2.24, 2.45) is 0 Å². The van der Waals surface area contributed by atoms with E-state index in [2.05, 4.69) is 0 Å². The topological polar surface area (TPSA) is 36.3 Å². The Labute approximate surface area is 106 Å². The lowest BCUT2D eigenvalue weighted by Crippen LogP contribution is -2.24. The quantitative estimate of drug-likeness (QED) is 0.731. The number of nitrogens with zero attached hydrogens (tertiary/aromatic N) is 2. The Bertz CT molecular complexity index is 443. The van der Waals surface area contributed by atoms with Gasteiger partial charge in [-0.1, -0.05) is 0 Å². The van der Waals surface area contributed by atoms with Crippen molar-refractivity contribution in [2.45, 2.75) is 6.92 Å². The summed E-state index contributed by atoms with van der Waals surface area (Å²) in [6, 6.07) is 4.66. The molecule has 1 aromatic carbocycles. The highest BCUT2D eigenvalue weighted by molar-refractivity contribution is 5.56. The molecule has 18 heavy (non-hydrogen) atoms. The number of likely N-dealkylation sites (N-methyl/N-ethyl adjacent to an activating group) is 1. The Morgan fingerprint density at radius 1 is 1.39 bits per heavy atom. The molecular weight excluding hydrogens is 238 g/mol. The van der Waals surface area contributed by atoms with Crippen molar-refractivity contribution >= 4 is 5.69 Å². The lowest BCUT2D eigenvalue weighted by molar-refractivity contribution is 0.125. The van der Waals surface area contributed by atoms with Crippen LogP contribution in [0.5, 0.6) is 0 Å². The molecule has 5 heteroatoms. The summed E-state index contributed by atoms with van der Waals surface area (Å²) in [7, 11) is 1.80. The van der Waals surface area contributed by atoms with Crippen LogP contribution in [0.15, 0.2) is 12.1 Å². The summed E-state index contributed by atoms with van der Waals surface area (Å²) in [5, 5.41) is 8.71. The average molecular weight is 254 g/mol. The van der Waals surface area contributed by atoms with Gasteiger partial charge in [-0.2, -0.15) is 5.26 Å². The highest BCUT2D eigenvalue weighted by atomic mass is 19.1. The van der Waals surface area contributed by atoms with Gasteiger partial charge in [-0.15, -0.1) is 0 Å². The van der Waals surface area contributed by atoms with Crippen molar-refractivity contribution in [2.75, 3.05) is 38.4 Å². The van der Waals surface area contributed by atoms with Crippen molar-refractivity contribution < 1.29 is 13.5 Å². The summed E-state index contributed by atoms with van der Waals surface area (Å²) in [6.07, 6.45) is 0. The number of hydrogen-bond acceptors (Lipinski definition) is 3. The van der Waals surface area contributed by atoms with E-state index in [1.54, 1.807) is 13.1 Å². The molecule has 0 unspecified atom stereocenters. The number of alkyl halides is 1. The third-order valence-corrected chi connectivity index (χ3v) is 2.61. The number of rotatable bonds is 6. The fourth-order valence-corrected chi connectivity index (χ4v) is 1.65. The zero-order chi connectivity index (χ0) is 13.5. The highest BCUT2D eigenvalue weighted by Crippen LogP contribution is 2.22. The number of aryl methyl sites for hydroxylation is 1. The number of benzene rings is 1. The van der Waals surface area contributed by atoms with Crippen LogP contribution in [0.3, 0.4) is 0 Å². The third-order valence-electron chi connectivity index (χ3n) is 2.61. The normalized spacial score (nSPS) is 10.2. The van der Waals surface area contributed by atoms with Crippen LogP contribution in [-0.4, -0.2) is 33.5 Å². The minimum Gasteiger partial charge on any atom is -0.377 e. The Hall–Kier alpha value is -1.67. The summed E-state index contributed by atoms with van der Waals surface area (Å²) >= 11 is 0. The van der Waals surface area contributed by atoms with Gasteiger partial charge in [0.1, 0.15) is 18.6 Å². The van der Waals surface area contributed by atoms with E-state index in [1.807, 2.05) is 11.8 Å².